The summed E-state index contributed by atoms with van der Waals surface area (Å²) in [4.78, 5) is 0. The molecule has 112 valence electrons. The van der Waals surface area contributed by atoms with Gasteiger partial charge in [0.05, 0.1) is 6.61 Å². The van der Waals surface area contributed by atoms with Gasteiger partial charge in [0.1, 0.15) is 23.9 Å². The Morgan fingerprint density at radius 3 is 2.67 bits per heavy atom. The second-order valence-electron chi connectivity index (χ2n) is 4.54. The van der Waals surface area contributed by atoms with Gasteiger partial charge in [-0.05, 0) is 24.3 Å². The van der Waals surface area contributed by atoms with Crippen LogP contribution in [-0.2, 0) is 11.3 Å². The Morgan fingerprint density at radius 1 is 1.05 bits per heavy atom. The minimum Gasteiger partial charge on any atom is -0.508 e. The zero-order valence-corrected chi connectivity index (χ0v) is 11.9. The van der Waals surface area contributed by atoms with Crippen LogP contribution in [0.3, 0.4) is 0 Å². The van der Waals surface area contributed by atoms with Crippen LogP contribution in [0.15, 0.2) is 42.5 Å². The van der Waals surface area contributed by atoms with Crippen LogP contribution >= 0.6 is 0 Å². The zero-order chi connectivity index (χ0) is 15.1. The molecule has 0 saturated carbocycles. The number of hydrogen-bond donors (Lipinski definition) is 3. The Balaban J connectivity index is 1.95. The number of rotatable bonds is 7. The molecule has 5 nitrogen and oxygen atoms in total. The molecule has 0 aromatic heterocycles. The van der Waals surface area contributed by atoms with Crippen LogP contribution in [0.25, 0.3) is 0 Å². The van der Waals surface area contributed by atoms with Crippen molar-refractivity contribution in [3.63, 3.8) is 0 Å². The smallest absolute Gasteiger partial charge is 0.124 e. The molecule has 0 fully saturated rings. The third-order valence-corrected chi connectivity index (χ3v) is 2.94. The summed E-state index contributed by atoms with van der Waals surface area (Å²) in [6.07, 6.45) is 0. The fraction of sp³-hybridized carbons (Fsp3) is 0.250. The maximum atomic E-state index is 9.73. The summed E-state index contributed by atoms with van der Waals surface area (Å²) in [5.74, 6) is 0.867. The highest BCUT2D eigenvalue weighted by Crippen LogP contribution is 2.24. The summed E-state index contributed by atoms with van der Waals surface area (Å²) >= 11 is 0. The summed E-state index contributed by atoms with van der Waals surface area (Å²) in [6.45, 7) is 1.49. The molecule has 2 rings (SSSR count). The van der Waals surface area contributed by atoms with Crippen LogP contribution in [-0.4, -0.2) is 30.5 Å². The number of methoxy groups -OCH3 is 1. The molecule has 0 bridgehead atoms. The number of hydrogen-bond acceptors (Lipinski definition) is 5. The molecule has 0 spiro atoms. The quantitative estimate of drug-likeness (QED) is 0.684. The van der Waals surface area contributed by atoms with Gasteiger partial charge in [-0.15, -0.1) is 0 Å². The van der Waals surface area contributed by atoms with Crippen LogP contribution < -0.4 is 10.1 Å². The Labute approximate surface area is 123 Å². The van der Waals surface area contributed by atoms with E-state index in [2.05, 4.69) is 5.32 Å². The predicted molar refractivity (Wildman–Crippen MR) is 80.9 cm³/mol. The number of phenolic OH excluding ortho intramolecular Hbond substituents is 2. The van der Waals surface area contributed by atoms with Crippen molar-refractivity contribution in [1.29, 1.82) is 0 Å². The van der Waals surface area contributed by atoms with Gasteiger partial charge in [0.15, 0.2) is 0 Å². The molecule has 2 aromatic carbocycles. The monoisotopic (exact) mass is 289 g/mol. The van der Waals surface area contributed by atoms with Gasteiger partial charge < -0.3 is 25.0 Å². The number of benzene rings is 2. The van der Waals surface area contributed by atoms with Crippen LogP contribution in [0, 0.1) is 0 Å². The van der Waals surface area contributed by atoms with E-state index in [1.165, 1.54) is 6.07 Å². The highest BCUT2D eigenvalue weighted by Gasteiger charge is 2.03. The van der Waals surface area contributed by atoms with E-state index < -0.39 is 0 Å². The Morgan fingerprint density at radius 2 is 1.90 bits per heavy atom. The van der Waals surface area contributed by atoms with Crippen LogP contribution in [0.4, 0.5) is 5.69 Å². The van der Waals surface area contributed by atoms with Crippen molar-refractivity contribution in [3.8, 4) is 17.2 Å². The fourth-order valence-corrected chi connectivity index (χ4v) is 1.84. The topological polar surface area (TPSA) is 71.0 Å². The molecule has 0 atom stereocenters. The first kappa shape index (κ1) is 15.0. The van der Waals surface area contributed by atoms with Crippen molar-refractivity contribution < 1.29 is 19.7 Å². The van der Waals surface area contributed by atoms with E-state index in [9.17, 15) is 10.2 Å². The van der Waals surface area contributed by atoms with Crippen molar-refractivity contribution in [3.05, 3.63) is 48.0 Å². The summed E-state index contributed by atoms with van der Waals surface area (Å²) < 4.78 is 10.5. The van der Waals surface area contributed by atoms with E-state index in [-0.39, 0.29) is 11.5 Å². The summed E-state index contributed by atoms with van der Waals surface area (Å²) in [6, 6.07) is 12.1. The van der Waals surface area contributed by atoms with Crippen LogP contribution in [0.1, 0.15) is 5.56 Å². The lowest BCUT2D eigenvalue weighted by molar-refractivity contribution is 0.146. The van der Waals surface area contributed by atoms with E-state index in [4.69, 9.17) is 9.47 Å². The molecular formula is C16H19NO4. The highest BCUT2D eigenvalue weighted by molar-refractivity contribution is 5.49. The van der Waals surface area contributed by atoms with Gasteiger partial charge in [-0.3, -0.25) is 0 Å². The first-order chi connectivity index (χ1) is 10.2. The average molecular weight is 289 g/mol. The molecule has 3 N–H and O–H groups in total. The molecule has 0 aliphatic rings. The number of ether oxygens (including phenoxy) is 2. The van der Waals surface area contributed by atoms with Gasteiger partial charge in [-0.2, -0.15) is 0 Å². The normalized spacial score (nSPS) is 10.3. The van der Waals surface area contributed by atoms with E-state index in [0.29, 0.717) is 25.3 Å². The lowest BCUT2D eigenvalue weighted by atomic mass is 10.2. The fourth-order valence-electron chi connectivity index (χ4n) is 1.84. The lowest BCUT2D eigenvalue weighted by Gasteiger charge is -2.10. The maximum Gasteiger partial charge on any atom is 0.124 e. The molecule has 0 unspecified atom stereocenters. The van der Waals surface area contributed by atoms with Crippen molar-refractivity contribution in [2.75, 3.05) is 25.6 Å². The molecule has 21 heavy (non-hydrogen) atoms. The maximum absolute atomic E-state index is 9.73. The first-order valence-corrected chi connectivity index (χ1v) is 6.65. The Hall–Kier alpha value is -2.40. The zero-order valence-electron chi connectivity index (χ0n) is 11.9. The molecule has 0 radical (unpaired) electrons. The second kappa shape index (κ2) is 7.40. The number of phenols is 2. The molecule has 2 aromatic rings. The third kappa shape index (κ3) is 4.57. The highest BCUT2D eigenvalue weighted by atomic mass is 16.5. The minimum absolute atomic E-state index is 0.0461. The van der Waals surface area contributed by atoms with E-state index in [1.807, 2.05) is 24.3 Å². The number of nitrogens with one attached hydrogen (secondary N) is 1. The summed E-state index contributed by atoms with van der Waals surface area (Å²) in [5.41, 5.74) is 1.59. The predicted octanol–water partition coefficient (Wildman–Crippen LogP) is 2.74. The van der Waals surface area contributed by atoms with Crippen molar-refractivity contribution in [2.24, 2.45) is 0 Å². The van der Waals surface area contributed by atoms with Gasteiger partial charge in [0.2, 0.25) is 0 Å². The van der Waals surface area contributed by atoms with Gasteiger partial charge in [0, 0.05) is 37.0 Å². The van der Waals surface area contributed by atoms with Crippen molar-refractivity contribution in [1.82, 2.24) is 0 Å². The largest absolute Gasteiger partial charge is 0.508 e. The van der Waals surface area contributed by atoms with Gasteiger partial charge in [-0.1, -0.05) is 6.07 Å². The molecule has 0 saturated heterocycles. The van der Waals surface area contributed by atoms with Gasteiger partial charge in [0.25, 0.3) is 0 Å². The molecule has 0 aliphatic carbocycles. The first-order valence-electron chi connectivity index (χ1n) is 6.65. The number of anilines is 1. The molecular weight excluding hydrogens is 270 g/mol. The number of aromatic hydroxyl groups is 2. The van der Waals surface area contributed by atoms with Crippen molar-refractivity contribution in [2.45, 2.75) is 6.54 Å². The third-order valence-electron chi connectivity index (χ3n) is 2.94. The Kier molecular flexibility index (Phi) is 5.29. The van der Waals surface area contributed by atoms with Crippen LogP contribution in [0.5, 0.6) is 17.2 Å². The molecule has 0 aliphatic heterocycles. The Bertz CT molecular complexity index is 586. The van der Waals surface area contributed by atoms with Gasteiger partial charge >= 0.3 is 0 Å². The van der Waals surface area contributed by atoms with E-state index >= 15 is 0 Å². The average Bonchev–Trinajstić information content (AvgIpc) is 2.47. The molecule has 0 heterocycles. The second-order valence-corrected chi connectivity index (χ2v) is 4.54. The van der Waals surface area contributed by atoms with E-state index in [1.54, 1.807) is 19.2 Å². The molecule has 5 heteroatoms. The van der Waals surface area contributed by atoms with Crippen molar-refractivity contribution >= 4 is 5.69 Å². The standard InChI is InChI=1S/C16H19NO4/c1-20-7-8-21-15-4-2-3-13(9-15)17-11-12-5-6-14(18)10-16(12)19/h2-6,9-10,17-19H,7-8,11H2,1H3. The van der Waals surface area contributed by atoms with Crippen LogP contribution in [0.2, 0.25) is 0 Å². The minimum atomic E-state index is 0.0461. The molecule has 0 amide bonds. The summed E-state index contributed by atoms with van der Waals surface area (Å²) in [7, 11) is 1.63. The SMILES string of the molecule is COCCOc1cccc(NCc2ccc(O)cc2O)c1. The van der Waals surface area contributed by atoms with Gasteiger partial charge in [-0.25, -0.2) is 0 Å². The van der Waals surface area contributed by atoms with E-state index in [0.717, 1.165) is 11.4 Å². The lowest BCUT2D eigenvalue weighted by Crippen LogP contribution is -2.05. The summed E-state index contributed by atoms with van der Waals surface area (Å²) in [5, 5.41) is 22.2.